The second kappa shape index (κ2) is 10.7. The van der Waals surface area contributed by atoms with Crippen molar-refractivity contribution in [3.8, 4) is 22.9 Å². The molecule has 3 aliphatic rings. The van der Waals surface area contributed by atoms with Crippen molar-refractivity contribution in [1.29, 1.82) is 0 Å². The number of carbonyl (C=O) groups excluding carboxylic acids is 1. The van der Waals surface area contributed by atoms with Gasteiger partial charge < -0.3 is 20.7 Å². The molecule has 0 radical (unpaired) electrons. The van der Waals surface area contributed by atoms with Crippen LogP contribution in [0.15, 0.2) is 79.8 Å². The van der Waals surface area contributed by atoms with Gasteiger partial charge in [0.25, 0.3) is 0 Å². The number of amides is 1. The van der Waals surface area contributed by atoms with Crippen molar-refractivity contribution >= 4 is 22.9 Å². The minimum absolute atomic E-state index is 0.00441. The van der Waals surface area contributed by atoms with Gasteiger partial charge in [0.15, 0.2) is 17.3 Å². The van der Waals surface area contributed by atoms with Crippen LogP contribution in [-0.2, 0) is 16.0 Å². The molecule has 11 nitrogen and oxygen atoms in total. The number of benzene rings is 1. The molecule has 1 amide bonds. The third-order valence-corrected chi connectivity index (χ3v) is 9.24. The number of nitrogen functional groups attached to an aromatic ring is 1. The maximum absolute atomic E-state index is 12.4. The van der Waals surface area contributed by atoms with E-state index in [0.717, 1.165) is 35.3 Å². The molecule has 0 saturated carbocycles. The Bertz CT molecular complexity index is 1870. The molecule has 11 heteroatoms. The molecule has 2 unspecified atom stereocenters. The first-order valence-corrected chi connectivity index (χ1v) is 15.1. The van der Waals surface area contributed by atoms with Crippen LogP contribution in [0.1, 0.15) is 23.6 Å². The molecule has 3 N–H and O–H groups in total. The molecule has 5 aromatic rings. The van der Waals surface area contributed by atoms with E-state index >= 15 is 0 Å². The number of pyridine rings is 2. The number of aromatic nitrogens is 6. The van der Waals surface area contributed by atoms with Crippen LogP contribution in [0.3, 0.4) is 0 Å². The summed E-state index contributed by atoms with van der Waals surface area (Å²) in [6.07, 6.45) is 8.69. The summed E-state index contributed by atoms with van der Waals surface area (Å²) in [7, 11) is 0. The predicted molar refractivity (Wildman–Crippen MR) is 166 cm³/mol. The first-order valence-electron chi connectivity index (χ1n) is 15.1. The van der Waals surface area contributed by atoms with E-state index in [2.05, 4.69) is 44.7 Å². The molecule has 4 aromatic heterocycles. The molecule has 0 spiro atoms. The smallest absolute Gasteiger partial charge is 0.245 e. The predicted octanol–water partition coefficient (Wildman–Crippen LogP) is 3.49. The number of anilines is 1. The van der Waals surface area contributed by atoms with Crippen LogP contribution in [0.4, 0.5) is 5.82 Å². The van der Waals surface area contributed by atoms with Gasteiger partial charge >= 0.3 is 0 Å². The number of nitrogens with one attached hydrogen (secondary N) is 1. The van der Waals surface area contributed by atoms with E-state index in [9.17, 15) is 4.79 Å². The summed E-state index contributed by atoms with van der Waals surface area (Å²) >= 11 is 0. The number of aryl methyl sites for hydroxylation is 1. The van der Waals surface area contributed by atoms with Gasteiger partial charge in [-0.2, -0.15) is 5.10 Å². The Morgan fingerprint density at radius 3 is 2.70 bits per heavy atom. The van der Waals surface area contributed by atoms with Crippen molar-refractivity contribution in [3.63, 3.8) is 0 Å². The van der Waals surface area contributed by atoms with Crippen LogP contribution in [0.25, 0.3) is 34.1 Å². The number of ether oxygens (including phenoxy) is 1. The van der Waals surface area contributed by atoms with E-state index in [1.807, 2.05) is 41.4 Å². The highest BCUT2D eigenvalue weighted by Gasteiger charge is 2.42. The fraction of sp³-hybridized carbons (Fsp3) is 0.303. The molecule has 3 atom stereocenters. The Hall–Kier alpha value is -4.87. The zero-order valence-electron chi connectivity index (χ0n) is 24.2. The van der Waals surface area contributed by atoms with Gasteiger partial charge in [-0.15, -0.1) is 0 Å². The molecule has 2 fully saturated rings. The fourth-order valence-electron chi connectivity index (χ4n) is 7.18. The molecular formula is C33H33N9O2. The van der Waals surface area contributed by atoms with Gasteiger partial charge in [0, 0.05) is 61.3 Å². The average Bonchev–Trinajstić information content (AvgIpc) is 3.79. The monoisotopic (exact) mass is 587 g/mol. The summed E-state index contributed by atoms with van der Waals surface area (Å²) in [5, 5.41) is 8.37. The number of hydrogen-bond acceptors (Lipinski definition) is 8. The van der Waals surface area contributed by atoms with Crippen molar-refractivity contribution in [2.24, 2.45) is 11.8 Å². The van der Waals surface area contributed by atoms with Crippen molar-refractivity contribution in [2.45, 2.75) is 24.9 Å². The summed E-state index contributed by atoms with van der Waals surface area (Å²) in [6, 6.07) is 16.7. The lowest BCUT2D eigenvalue weighted by Crippen LogP contribution is -2.61. The lowest BCUT2D eigenvalue weighted by Gasteiger charge is -2.48. The number of nitrogens with zero attached hydrogens (tertiary/aromatic N) is 7. The molecule has 2 saturated heterocycles. The van der Waals surface area contributed by atoms with Crippen LogP contribution in [-0.4, -0.2) is 72.5 Å². The summed E-state index contributed by atoms with van der Waals surface area (Å²) in [5.74, 6) is 2.33. The van der Waals surface area contributed by atoms with Gasteiger partial charge in [-0.25, -0.2) is 19.6 Å². The van der Waals surface area contributed by atoms with Gasteiger partial charge in [0.2, 0.25) is 5.91 Å². The highest BCUT2D eigenvalue weighted by atomic mass is 16.5. The standard InChI is InChI=1S/C33H33N9O2/c1-2-29(43)40-16-21-18-44-19-22(17-40)30(21)37-26-9-6-20-15-23(7-8-24(20)26)42-32(25-5-3-12-35-31(25)34)38-27-10-11-28(39-33(27)42)41-14-4-13-36-41/h2-5,7-8,10-15,21-22,26,30,37H,1,6,9,16-19H2,(H2,34,35)/t21?,22?,26-,30?/m0/s1. The summed E-state index contributed by atoms with van der Waals surface area (Å²) in [4.78, 5) is 28.6. The van der Waals surface area contributed by atoms with Gasteiger partial charge in [-0.05, 0) is 72.5 Å². The number of rotatable bonds is 6. The van der Waals surface area contributed by atoms with Crippen LogP contribution in [0.2, 0.25) is 0 Å². The van der Waals surface area contributed by atoms with Crippen molar-refractivity contribution in [2.75, 3.05) is 32.0 Å². The molecule has 6 heterocycles. The Morgan fingerprint density at radius 2 is 1.93 bits per heavy atom. The third-order valence-electron chi connectivity index (χ3n) is 9.24. The molecule has 2 bridgehead atoms. The number of carbonyl (C=O) groups is 1. The number of fused-ring (bicyclic) bond motifs is 4. The van der Waals surface area contributed by atoms with Crippen molar-refractivity contribution in [1.82, 2.24) is 39.5 Å². The second-order valence-electron chi connectivity index (χ2n) is 11.8. The van der Waals surface area contributed by atoms with Crippen LogP contribution >= 0.6 is 0 Å². The summed E-state index contributed by atoms with van der Waals surface area (Å²) in [5.41, 5.74) is 12.2. The van der Waals surface area contributed by atoms with E-state index in [0.29, 0.717) is 49.8 Å². The number of hydrogen-bond donors (Lipinski definition) is 2. The molecule has 2 aliphatic heterocycles. The quantitative estimate of drug-likeness (QED) is 0.289. The molecular weight excluding hydrogens is 554 g/mol. The van der Waals surface area contributed by atoms with Crippen LogP contribution in [0.5, 0.6) is 0 Å². The largest absolute Gasteiger partial charge is 0.383 e. The number of nitrogens with two attached hydrogens (primary N) is 1. The van der Waals surface area contributed by atoms with E-state index < -0.39 is 0 Å². The Labute approximate surface area is 254 Å². The lowest BCUT2D eigenvalue weighted by atomic mass is 9.81. The van der Waals surface area contributed by atoms with E-state index in [4.69, 9.17) is 20.4 Å². The maximum Gasteiger partial charge on any atom is 0.245 e. The number of piperidine rings is 1. The van der Waals surface area contributed by atoms with Crippen LogP contribution < -0.4 is 11.1 Å². The molecule has 222 valence electrons. The highest BCUT2D eigenvalue weighted by molar-refractivity contribution is 5.87. The normalized spacial score (nSPS) is 22.7. The zero-order chi connectivity index (χ0) is 29.8. The molecule has 8 rings (SSSR count). The minimum atomic E-state index is 0.00441. The van der Waals surface area contributed by atoms with E-state index in [1.54, 1.807) is 17.1 Å². The van der Waals surface area contributed by atoms with Crippen LogP contribution in [0, 0.1) is 11.8 Å². The lowest BCUT2D eigenvalue weighted by molar-refractivity contribution is -0.135. The SMILES string of the molecule is C=CC(=O)N1CC2COCC(C1)C2N[C@H]1CCc2cc(-n3c(-c4cccnc4N)nc4ccc(-n5cccn5)nc43)ccc21. The Balaban J connectivity index is 1.15. The van der Waals surface area contributed by atoms with Crippen molar-refractivity contribution < 1.29 is 9.53 Å². The number of likely N-dealkylation sites (tertiary alicyclic amines) is 1. The molecule has 44 heavy (non-hydrogen) atoms. The van der Waals surface area contributed by atoms with Gasteiger partial charge in [0.05, 0.1) is 18.8 Å². The highest BCUT2D eigenvalue weighted by Crippen LogP contribution is 2.38. The van der Waals surface area contributed by atoms with E-state index in [1.165, 1.54) is 17.2 Å². The average molecular weight is 588 g/mol. The Morgan fingerprint density at radius 1 is 1.07 bits per heavy atom. The molecule has 1 aliphatic carbocycles. The first-order chi connectivity index (χ1) is 21.6. The fourth-order valence-corrected chi connectivity index (χ4v) is 7.18. The third kappa shape index (κ3) is 4.47. The summed E-state index contributed by atoms with van der Waals surface area (Å²) in [6.45, 7) is 6.39. The second-order valence-corrected chi connectivity index (χ2v) is 11.8. The zero-order valence-corrected chi connectivity index (χ0v) is 24.2. The topological polar surface area (TPSA) is 129 Å². The minimum Gasteiger partial charge on any atom is -0.383 e. The molecule has 1 aromatic carbocycles. The van der Waals surface area contributed by atoms with Gasteiger partial charge in [0.1, 0.15) is 11.3 Å². The van der Waals surface area contributed by atoms with Gasteiger partial charge in [-0.3, -0.25) is 9.36 Å². The number of imidazole rings is 1. The van der Waals surface area contributed by atoms with E-state index in [-0.39, 0.29) is 23.8 Å². The Kier molecular flexibility index (Phi) is 6.49. The summed E-state index contributed by atoms with van der Waals surface area (Å²) < 4.78 is 9.72. The first kappa shape index (κ1) is 26.7. The van der Waals surface area contributed by atoms with Crippen molar-refractivity contribution in [3.05, 3.63) is 90.9 Å². The maximum atomic E-state index is 12.4. The van der Waals surface area contributed by atoms with Gasteiger partial charge in [-0.1, -0.05) is 12.6 Å².